The Labute approximate surface area is 120 Å². The van der Waals surface area contributed by atoms with Crippen LogP contribution in [-0.2, 0) is 0 Å². The molecule has 3 rings (SSSR count). The standard InChI is InChI=1S/C16H12N2O3/c17-11-4-1-9(2-5-11)15(20)10-3-6-14-12(7-10)13(8-19)16(21)18-14/h1-8,18,21H,17H2. The number of benzene rings is 2. The van der Waals surface area contributed by atoms with E-state index in [0.29, 0.717) is 34.0 Å². The van der Waals surface area contributed by atoms with Gasteiger partial charge in [0.15, 0.2) is 17.9 Å². The smallest absolute Gasteiger partial charge is 0.200 e. The molecule has 0 aliphatic carbocycles. The summed E-state index contributed by atoms with van der Waals surface area (Å²) in [7, 11) is 0. The first-order valence-electron chi connectivity index (χ1n) is 6.30. The molecule has 21 heavy (non-hydrogen) atoms. The molecule has 0 bridgehead atoms. The van der Waals surface area contributed by atoms with E-state index in [1.54, 1.807) is 42.5 Å². The second-order valence-electron chi connectivity index (χ2n) is 4.72. The molecule has 0 amide bonds. The van der Waals surface area contributed by atoms with Gasteiger partial charge in [0.2, 0.25) is 0 Å². The Balaban J connectivity index is 2.10. The predicted octanol–water partition coefficient (Wildman–Crippen LogP) is 2.50. The van der Waals surface area contributed by atoms with Crippen molar-refractivity contribution in [3.8, 4) is 5.88 Å². The van der Waals surface area contributed by atoms with Crippen LogP contribution in [0, 0.1) is 0 Å². The van der Waals surface area contributed by atoms with Gasteiger partial charge >= 0.3 is 0 Å². The van der Waals surface area contributed by atoms with E-state index in [9.17, 15) is 14.7 Å². The molecule has 3 aromatic rings. The minimum absolute atomic E-state index is 0.150. The summed E-state index contributed by atoms with van der Waals surface area (Å²) in [6, 6.07) is 11.5. The molecule has 0 unspecified atom stereocenters. The molecule has 0 spiro atoms. The second-order valence-corrected chi connectivity index (χ2v) is 4.72. The van der Waals surface area contributed by atoms with Crippen LogP contribution in [0.1, 0.15) is 26.3 Å². The van der Waals surface area contributed by atoms with Crippen molar-refractivity contribution >= 4 is 28.7 Å². The highest BCUT2D eigenvalue weighted by Gasteiger charge is 2.14. The summed E-state index contributed by atoms with van der Waals surface area (Å²) in [5, 5.41) is 10.1. The number of carbonyl (C=O) groups excluding carboxylic acids is 2. The molecule has 0 saturated carbocycles. The quantitative estimate of drug-likeness (QED) is 0.390. The number of fused-ring (bicyclic) bond motifs is 1. The van der Waals surface area contributed by atoms with Crippen LogP contribution < -0.4 is 5.73 Å². The maximum Gasteiger partial charge on any atom is 0.200 e. The molecule has 5 nitrogen and oxygen atoms in total. The molecule has 0 fully saturated rings. The van der Waals surface area contributed by atoms with E-state index in [2.05, 4.69) is 4.98 Å². The van der Waals surface area contributed by atoms with Crippen molar-refractivity contribution < 1.29 is 14.7 Å². The van der Waals surface area contributed by atoms with Crippen LogP contribution in [0.2, 0.25) is 0 Å². The summed E-state index contributed by atoms with van der Waals surface area (Å²) in [6.07, 6.45) is 0.561. The van der Waals surface area contributed by atoms with Gasteiger partial charge in [0.05, 0.1) is 5.56 Å². The number of ketones is 1. The minimum atomic E-state index is -0.197. The Hall–Kier alpha value is -3.08. The molecule has 104 valence electrons. The fourth-order valence-corrected chi connectivity index (χ4v) is 2.26. The summed E-state index contributed by atoms with van der Waals surface area (Å²) in [5.74, 6) is -0.369. The largest absolute Gasteiger partial charge is 0.494 e. The van der Waals surface area contributed by atoms with Crippen molar-refractivity contribution in [3.05, 3.63) is 59.2 Å². The molecule has 0 radical (unpaired) electrons. The van der Waals surface area contributed by atoms with Crippen LogP contribution in [-0.4, -0.2) is 22.2 Å². The van der Waals surface area contributed by atoms with Gasteiger partial charge in [-0.05, 0) is 42.5 Å². The zero-order valence-electron chi connectivity index (χ0n) is 11.0. The third kappa shape index (κ3) is 2.14. The van der Waals surface area contributed by atoms with Crippen molar-refractivity contribution in [1.82, 2.24) is 4.98 Å². The first-order chi connectivity index (χ1) is 10.1. The maximum atomic E-state index is 12.4. The first-order valence-corrected chi connectivity index (χ1v) is 6.30. The Bertz CT molecular complexity index is 848. The number of aromatic hydroxyl groups is 1. The summed E-state index contributed by atoms with van der Waals surface area (Å²) in [4.78, 5) is 26.1. The first kappa shape index (κ1) is 12.9. The average Bonchev–Trinajstić information content (AvgIpc) is 2.81. The number of nitrogens with one attached hydrogen (secondary N) is 1. The van der Waals surface area contributed by atoms with E-state index >= 15 is 0 Å². The molecule has 0 aliphatic rings. The van der Waals surface area contributed by atoms with E-state index < -0.39 is 0 Å². The Kier molecular flexibility index (Phi) is 2.95. The Morgan fingerprint density at radius 2 is 1.76 bits per heavy atom. The van der Waals surface area contributed by atoms with Gasteiger partial charge in [0.25, 0.3) is 0 Å². The van der Waals surface area contributed by atoms with Crippen LogP contribution in [0.4, 0.5) is 5.69 Å². The van der Waals surface area contributed by atoms with Gasteiger partial charge in [0, 0.05) is 27.7 Å². The number of carbonyl (C=O) groups is 2. The number of hydrogen-bond acceptors (Lipinski definition) is 4. The molecular formula is C16H12N2O3. The molecule has 0 saturated heterocycles. The van der Waals surface area contributed by atoms with Crippen molar-refractivity contribution in [2.75, 3.05) is 5.73 Å². The monoisotopic (exact) mass is 280 g/mol. The van der Waals surface area contributed by atoms with Crippen molar-refractivity contribution in [2.24, 2.45) is 0 Å². The fraction of sp³-hybridized carbons (Fsp3) is 0. The maximum absolute atomic E-state index is 12.4. The number of nitrogens with two attached hydrogens (primary N) is 1. The van der Waals surface area contributed by atoms with E-state index in [1.807, 2.05) is 0 Å². The lowest BCUT2D eigenvalue weighted by molar-refractivity contribution is 0.103. The normalized spacial score (nSPS) is 10.7. The van der Waals surface area contributed by atoms with E-state index in [1.165, 1.54) is 0 Å². The third-order valence-electron chi connectivity index (χ3n) is 3.37. The van der Waals surface area contributed by atoms with Crippen LogP contribution in [0.25, 0.3) is 10.9 Å². The van der Waals surface area contributed by atoms with Crippen molar-refractivity contribution in [2.45, 2.75) is 0 Å². The third-order valence-corrected chi connectivity index (χ3v) is 3.37. The van der Waals surface area contributed by atoms with Gasteiger partial charge in [-0.2, -0.15) is 0 Å². The van der Waals surface area contributed by atoms with Crippen LogP contribution in [0.15, 0.2) is 42.5 Å². The number of anilines is 1. The predicted molar refractivity (Wildman–Crippen MR) is 79.6 cm³/mol. The van der Waals surface area contributed by atoms with E-state index in [-0.39, 0.29) is 17.2 Å². The lowest BCUT2D eigenvalue weighted by atomic mass is 10.0. The molecule has 4 N–H and O–H groups in total. The number of rotatable bonds is 3. The molecule has 1 heterocycles. The summed E-state index contributed by atoms with van der Waals surface area (Å²) < 4.78 is 0. The van der Waals surface area contributed by atoms with Gasteiger partial charge in [-0.15, -0.1) is 0 Å². The van der Waals surface area contributed by atoms with Gasteiger partial charge < -0.3 is 15.8 Å². The van der Waals surface area contributed by atoms with E-state index in [0.717, 1.165) is 0 Å². The van der Waals surface area contributed by atoms with Gasteiger partial charge in [-0.1, -0.05) is 0 Å². The van der Waals surface area contributed by atoms with Crippen LogP contribution >= 0.6 is 0 Å². The topological polar surface area (TPSA) is 96.2 Å². The zero-order valence-corrected chi connectivity index (χ0v) is 11.0. The molecule has 0 atom stereocenters. The number of nitrogen functional groups attached to an aromatic ring is 1. The minimum Gasteiger partial charge on any atom is -0.494 e. The highest BCUT2D eigenvalue weighted by molar-refractivity contribution is 6.12. The number of hydrogen-bond donors (Lipinski definition) is 3. The van der Waals surface area contributed by atoms with Gasteiger partial charge in [-0.25, -0.2) is 0 Å². The van der Waals surface area contributed by atoms with Gasteiger partial charge in [0.1, 0.15) is 0 Å². The molecule has 0 aliphatic heterocycles. The number of aromatic nitrogens is 1. The highest BCUT2D eigenvalue weighted by atomic mass is 16.3. The second kappa shape index (κ2) is 4.79. The fourth-order valence-electron chi connectivity index (χ4n) is 2.26. The Morgan fingerprint density at radius 3 is 2.43 bits per heavy atom. The van der Waals surface area contributed by atoms with Crippen LogP contribution in [0.5, 0.6) is 5.88 Å². The van der Waals surface area contributed by atoms with Crippen molar-refractivity contribution in [1.29, 1.82) is 0 Å². The number of aldehydes is 1. The number of aromatic amines is 1. The molecular weight excluding hydrogens is 268 g/mol. The summed E-state index contributed by atoms with van der Waals surface area (Å²) in [6.45, 7) is 0. The molecule has 2 aromatic carbocycles. The summed E-state index contributed by atoms with van der Waals surface area (Å²) in [5.41, 5.74) is 7.88. The number of H-pyrrole nitrogens is 1. The zero-order chi connectivity index (χ0) is 15.0. The average molecular weight is 280 g/mol. The highest BCUT2D eigenvalue weighted by Crippen LogP contribution is 2.27. The van der Waals surface area contributed by atoms with Gasteiger partial charge in [-0.3, -0.25) is 9.59 Å². The molecule has 5 heteroatoms. The lowest BCUT2D eigenvalue weighted by Crippen LogP contribution is -2.01. The van der Waals surface area contributed by atoms with Crippen molar-refractivity contribution in [3.63, 3.8) is 0 Å². The van der Waals surface area contributed by atoms with E-state index in [4.69, 9.17) is 5.73 Å². The Morgan fingerprint density at radius 1 is 1.10 bits per heavy atom. The van der Waals surface area contributed by atoms with Crippen LogP contribution in [0.3, 0.4) is 0 Å². The summed E-state index contributed by atoms with van der Waals surface area (Å²) >= 11 is 0. The SMILES string of the molecule is Nc1ccc(C(=O)c2ccc3[nH]c(O)c(C=O)c3c2)cc1. The lowest BCUT2D eigenvalue weighted by Gasteiger charge is -2.02. The molecule has 1 aromatic heterocycles.